The Bertz CT molecular complexity index is 520. The summed E-state index contributed by atoms with van der Waals surface area (Å²) in [4.78, 5) is 4.48. The van der Waals surface area contributed by atoms with Crippen molar-refractivity contribution in [3.05, 3.63) is 47.5 Å². The second kappa shape index (κ2) is 5.53. The standard InChI is InChI=1S/C15H22N4/c1-12-7-18-19(10-12)11-14-6-5-13(8-16-14)9-17-15(2,3)4/h5-8,10,17H,9,11H2,1-4H3. The number of nitrogens with zero attached hydrogens (tertiary/aromatic N) is 3. The predicted molar refractivity (Wildman–Crippen MR) is 76.9 cm³/mol. The minimum Gasteiger partial charge on any atom is -0.308 e. The summed E-state index contributed by atoms with van der Waals surface area (Å²) < 4.78 is 1.91. The fraction of sp³-hybridized carbons (Fsp3) is 0.467. The van der Waals surface area contributed by atoms with Gasteiger partial charge in [-0.3, -0.25) is 9.67 Å². The molecule has 0 unspecified atom stereocenters. The highest BCUT2D eigenvalue weighted by atomic mass is 15.3. The number of aryl methyl sites for hydroxylation is 1. The van der Waals surface area contributed by atoms with Gasteiger partial charge in [-0.05, 0) is 44.9 Å². The molecule has 0 amide bonds. The third-order valence-corrected chi connectivity index (χ3v) is 2.80. The summed E-state index contributed by atoms with van der Waals surface area (Å²) in [5.41, 5.74) is 3.54. The highest BCUT2D eigenvalue weighted by Gasteiger charge is 2.08. The molecule has 4 heteroatoms. The zero-order valence-corrected chi connectivity index (χ0v) is 12.1. The second-order valence-electron chi connectivity index (χ2n) is 5.98. The van der Waals surface area contributed by atoms with Gasteiger partial charge in [-0.25, -0.2) is 0 Å². The molecule has 0 aliphatic carbocycles. The molecule has 0 aromatic carbocycles. The van der Waals surface area contributed by atoms with E-state index in [4.69, 9.17) is 0 Å². The first-order valence-electron chi connectivity index (χ1n) is 6.60. The van der Waals surface area contributed by atoms with Gasteiger partial charge in [0, 0.05) is 24.5 Å². The monoisotopic (exact) mass is 258 g/mol. The quantitative estimate of drug-likeness (QED) is 0.916. The van der Waals surface area contributed by atoms with Crippen molar-refractivity contribution in [2.75, 3.05) is 0 Å². The maximum absolute atomic E-state index is 4.48. The first-order chi connectivity index (χ1) is 8.92. The van der Waals surface area contributed by atoms with Crippen LogP contribution in [0, 0.1) is 6.92 Å². The van der Waals surface area contributed by atoms with Crippen molar-refractivity contribution in [3.8, 4) is 0 Å². The summed E-state index contributed by atoms with van der Waals surface area (Å²) in [6.45, 7) is 10.1. The molecule has 102 valence electrons. The van der Waals surface area contributed by atoms with Crippen molar-refractivity contribution in [1.29, 1.82) is 0 Å². The van der Waals surface area contributed by atoms with E-state index in [1.807, 2.05) is 30.2 Å². The van der Waals surface area contributed by atoms with Crippen molar-refractivity contribution in [2.45, 2.75) is 46.3 Å². The molecule has 0 radical (unpaired) electrons. The molecule has 0 spiro atoms. The Morgan fingerprint density at radius 3 is 2.53 bits per heavy atom. The summed E-state index contributed by atoms with van der Waals surface area (Å²) >= 11 is 0. The number of hydrogen-bond acceptors (Lipinski definition) is 3. The van der Waals surface area contributed by atoms with E-state index in [1.54, 1.807) is 0 Å². The first kappa shape index (κ1) is 13.7. The van der Waals surface area contributed by atoms with E-state index in [-0.39, 0.29) is 5.54 Å². The number of pyridine rings is 1. The average molecular weight is 258 g/mol. The molecule has 4 nitrogen and oxygen atoms in total. The van der Waals surface area contributed by atoms with Crippen molar-refractivity contribution in [1.82, 2.24) is 20.1 Å². The predicted octanol–water partition coefficient (Wildman–Crippen LogP) is 2.52. The Labute approximate surface area is 114 Å². The van der Waals surface area contributed by atoms with Gasteiger partial charge in [0.05, 0.1) is 18.4 Å². The lowest BCUT2D eigenvalue weighted by atomic mass is 10.1. The molecule has 2 rings (SSSR count). The van der Waals surface area contributed by atoms with E-state index in [0.29, 0.717) is 0 Å². The zero-order chi connectivity index (χ0) is 13.9. The summed E-state index contributed by atoms with van der Waals surface area (Å²) in [5, 5.41) is 7.72. The van der Waals surface area contributed by atoms with Crippen LogP contribution in [0.3, 0.4) is 0 Å². The first-order valence-corrected chi connectivity index (χ1v) is 6.60. The van der Waals surface area contributed by atoms with Crippen LogP contribution in [-0.4, -0.2) is 20.3 Å². The molecule has 0 bridgehead atoms. The molecule has 0 saturated heterocycles. The van der Waals surface area contributed by atoms with Gasteiger partial charge in [0.2, 0.25) is 0 Å². The smallest absolute Gasteiger partial charge is 0.0831 e. The molecular weight excluding hydrogens is 236 g/mol. The number of nitrogens with one attached hydrogen (secondary N) is 1. The maximum atomic E-state index is 4.48. The van der Waals surface area contributed by atoms with Gasteiger partial charge in [0.15, 0.2) is 0 Å². The summed E-state index contributed by atoms with van der Waals surface area (Å²) in [6.07, 6.45) is 5.82. The van der Waals surface area contributed by atoms with Gasteiger partial charge < -0.3 is 5.32 Å². The van der Waals surface area contributed by atoms with Gasteiger partial charge in [0.25, 0.3) is 0 Å². The van der Waals surface area contributed by atoms with E-state index in [9.17, 15) is 0 Å². The van der Waals surface area contributed by atoms with Crippen LogP contribution in [0.1, 0.15) is 37.6 Å². The summed E-state index contributed by atoms with van der Waals surface area (Å²) in [6, 6.07) is 4.19. The van der Waals surface area contributed by atoms with Gasteiger partial charge in [-0.2, -0.15) is 5.10 Å². The molecule has 0 aliphatic rings. The molecule has 1 N–H and O–H groups in total. The summed E-state index contributed by atoms with van der Waals surface area (Å²) in [5.74, 6) is 0. The normalized spacial score (nSPS) is 11.8. The van der Waals surface area contributed by atoms with Crippen LogP contribution in [0.2, 0.25) is 0 Å². The lowest BCUT2D eigenvalue weighted by Crippen LogP contribution is -2.35. The highest BCUT2D eigenvalue weighted by molar-refractivity contribution is 5.14. The van der Waals surface area contributed by atoms with E-state index in [0.717, 1.165) is 18.8 Å². The van der Waals surface area contributed by atoms with Crippen LogP contribution in [-0.2, 0) is 13.1 Å². The van der Waals surface area contributed by atoms with E-state index >= 15 is 0 Å². The van der Waals surface area contributed by atoms with Crippen LogP contribution >= 0.6 is 0 Å². The number of rotatable bonds is 4. The third kappa shape index (κ3) is 4.48. The third-order valence-electron chi connectivity index (χ3n) is 2.80. The molecule has 2 aromatic rings. The van der Waals surface area contributed by atoms with Gasteiger partial charge in [-0.1, -0.05) is 6.07 Å². The number of aromatic nitrogens is 3. The lowest BCUT2D eigenvalue weighted by molar-refractivity contribution is 0.424. The van der Waals surface area contributed by atoms with Crippen LogP contribution in [0.4, 0.5) is 0 Å². The maximum Gasteiger partial charge on any atom is 0.0831 e. The minimum absolute atomic E-state index is 0.130. The number of hydrogen-bond donors (Lipinski definition) is 1. The van der Waals surface area contributed by atoms with Gasteiger partial charge in [0.1, 0.15) is 0 Å². The molecule has 2 aromatic heterocycles. The van der Waals surface area contributed by atoms with Crippen molar-refractivity contribution in [2.24, 2.45) is 0 Å². The molecule has 0 saturated carbocycles. The Morgan fingerprint density at radius 2 is 2.00 bits per heavy atom. The Hall–Kier alpha value is -1.68. The van der Waals surface area contributed by atoms with Crippen LogP contribution in [0.15, 0.2) is 30.7 Å². The van der Waals surface area contributed by atoms with E-state index < -0.39 is 0 Å². The van der Waals surface area contributed by atoms with E-state index in [2.05, 4.69) is 48.3 Å². The van der Waals surface area contributed by atoms with Crippen molar-refractivity contribution < 1.29 is 0 Å². The highest BCUT2D eigenvalue weighted by Crippen LogP contribution is 2.06. The Kier molecular flexibility index (Phi) is 4.00. The Balaban J connectivity index is 1.95. The molecule has 0 fully saturated rings. The van der Waals surface area contributed by atoms with E-state index in [1.165, 1.54) is 11.1 Å². The van der Waals surface area contributed by atoms with Crippen LogP contribution in [0.25, 0.3) is 0 Å². The van der Waals surface area contributed by atoms with Gasteiger partial charge >= 0.3 is 0 Å². The molecule has 2 heterocycles. The molecular formula is C15H22N4. The Morgan fingerprint density at radius 1 is 1.21 bits per heavy atom. The SMILES string of the molecule is Cc1cnn(Cc2ccc(CNC(C)(C)C)cn2)c1. The van der Waals surface area contributed by atoms with Crippen LogP contribution in [0.5, 0.6) is 0 Å². The topological polar surface area (TPSA) is 42.7 Å². The molecule has 19 heavy (non-hydrogen) atoms. The molecule has 0 aliphatic heterocycles. The minimum atomic E-state index is 0.130. The van der Waals surface area contributed by atoms with Gasteiger partial charge in [-0.15, -0.1) is 0 Å². The van der Waals surface area contributed by atoms with Crippen LogP contribution < -0.4 is 5.32 Å². The summed E-state index contributed by atoms with van der Waals surface area (Å²) in [7, 11) is 0. The lowest BCUT2D eigenvalue weighted by Gasteiger charge is -2.20. The molecule has 0 atom stereocenters. The van der Waals surface area contributed by atoms with Crippen molar-refractivity contribution >= 4 is 0 Å². The largest absolute Gasteiger partial charge is 0.308 e. The average Bonchev–Trinajstić information content (AvgIpc) is 2.73. The fourth-order valence-corrected chi connectivity index (χ4v) is 1.74. The van der Waals surface area contributed by atoms with Crippen molar-refractivity contribution in [3.63, 3.8) is 0 Å². The zero-order valence-electron chi connectivity index (χ0n) is 12.1. The fourth-order valence-electron chi connectivity index (χ4n) is 1.74. The second-order valence-corrected chi connectivity index (χ2v) is 5.98.